The van der Waals surface area contributed by atoms with Crippen molar-refractivity contribution in [3.05, 3.63) is 48.2 Å². The molecule has 0 spiro atoms. The summed E-state index contributed by atoms with van der Waals surface area (Å²) < 4.78 is 66.5. The van der Waals surface area contributed by atoms with Crippen LogP contribution in [-0.2, 0) is 6.54 Å². The standard InChI is InChI=1S/C16H21N3O/c1-16(20)9-5-10-18(13-16)15-8-11-19(17-15)12-14-6-3-2-4-7-14/h2-4,6-8,11,20H,5,9-10,12-13H2,1H3/t16-/m1/s1/i5D2,9D2,10D2,13D2. The molecule has 0 unspecified atom stereocenters. The number of nitrogens with zero attached hydrogens (tertiary/aromatic N) is 3. The minimum atomic E-state index is -3.24. The fraction of sp³-hybridized carbons (Fsp3) is 0.438. The summed E-state index contributed by atoms with van der Waals surface area (Å²) in [4.78, 5) is 0.392. The lowest BCUT2D eigenvalue weighted by molar-refractivity contribution is 0.0447. The topological polar surface area (TPSA) is 41.3 Å². The van der Waals surface area contributed by atoms with Crippen molar-refractivity contribution in [3.63, 3.8) is 0 Å². The number of aliphatic hydroxyl groups is 1. The third-order valence-electron chi connectivity index (χ3n) is 2.85. The van der Waals surface area contributed by atoms with Gasteiger partial charge in [-0.15, -0.1) is 0 Å². The molecule has 1 fully saturated rings. The van der Waals surface area contributed by atoms with Gasteiger partial charge in [-0.2, -0.15) is 5.10 Å². The Morgan fingerprint density at radius 3 is 2.95 bits per heavy atom. The monoisotopic (exact) mass is 279 g/mol. The van der Waals surface area contributed by atoms with Crippen LogP contribution in [0.25, 0.3) is 0 Å². The Morgan fingerprint density at radius 2 is 2.15 bits per heavy atom. The molecule has 0 bridgehead atoms. The lowest BCUT2D eigenvalue weighted by Gasteiger charge is -2.36. The van der Waals surface area contributed by atoms with Gasteiger partial charge in [0.1, 0.15) is 0 Å². The number of β-amino-alcohol motifs (C(OH)–C–C–N with tert-alkyl or cyclic N) is 1. The van der Waals surface area contributed by atoms with Crippen LogP contribution in [0.5, 0.6) is 0 Å². The van der Waals surface area contributed by atoms with Gasteiger partial charge in [-0.3, -0.25) is 4.68 Å². The van der Waals surface area contributed by atoms with Crippen molar-refractivity contribution in [1.82, 2.24) is 9.78 Å². The van der Waals surface area contributed by atoms with Gasteiger partial charge in [0.05, 0.1) is 14.9 Å². The first-order chi connectivity index (χ1) is 12.7. The lowest BCUT2D eigenvalue weighted by Crippen LogP contribution is -2.46. The molecule has 2 aromatic rings. The molecule has 1 aromatic heterocycles. The first kappa shape index (κ1) is 6.76. The Kier molecular flexibility index (Phi) is 1.79. The molecule has 1 saturated heterocycles. The average Bonchev–Trinajstić information content (AvgIpc) is 3.01. The second kappa shape index (κ2) is 5.29. The summed E-state index contributed by atoms with van der Waals surface area (Å²) in [7, 11) is 0. The van der Waals surface area contributed by atoms with Crippen LogP contribution in [0.3, 0.4) is 0 Å². The minimum absolute atomic E-state index is 0.245. The number of hydrogen-bond donors (Lipinski definition) is 1. The molecule has 0 amide bonds. The van der Waals surface area contributed by atoms with Crippen LogP contribution in [0.15, 0.2) is 42.6 Å². The number of hydrogen-bond acceptors (Lipinski definition) is 3. The van der Waals surface area contributed by atoms with E-state index >= 15 is 0 Å². The van der Waals surface area contributed by atoms with Crippen molar-refractivity contribution in [2.75, 3.05) is 17.9 Å². The highest BCUT2D eigenvalue weighted by molar-refractivity contribution is 5.38. The highest BCUT2D eigenvalue weighted by Crippen LogP contribution is 2.24. The highest BCUT2D eigenvalue weighted by Gasteiger charge is 2.29. The predicted octanol–water partition coefficient (Wildman–Crippen LogP) is 2.28. The number of piperidine rings is 1. The molecule has 4 heteroatoms. The van der Waals surface area contributed by atoms with Crippen LogP contribution in [0.4, 0.5) is 5.82 Å². The second-order valence-electron chi connectivity index (χ2n) is 4.74. The van der Waals surface area contributed by atoms with Crippen molar-refractivity contribution in [1.29, 1.82) is 0 Å². The lowest BCUT2D eigenvalue weighted by atomic mass is 9.95. The maximum absolute atomic E-state index is 10.6. The molecule has 106 valence electrons. The van der Waals surface area contributed by atoms with E-state index in [9.17, 15) is 5.11 Å². The maximum atomic E-state index is 10.6. The zero-order valence-corrected chi connectivity index (χ0v) is 11.0. The second-order valence-corrected chi connectivity index (χ2v) is 4.74. The molecule has 1 aliphatic rings. The molecule has 0 saturated carbocycles. The van der Waals surface area contributed by atoms with E-state index in [0.29, 0.717) is 11.4 Å². The summed E-state index contributed by atoms with van der Waals surface area (Å²) in [6.07, 6.45) is -4.96. The number of benzene rings is 1. The van der Waals surface area contributed by atoms with Crippen molar-refractivity contribution < 1.29 is 16.1 Å². The van der Waals surface area contributed by atoms with Crippen molar-refractivity contribution >= 4 is 5.82 Å². The van der Waals surface area contributed by atoms with E-state index in [2.05, 4.69) is 5.10 Å². The van der Waals surface area contributed by atoms with Crippen LogP contribution >= 0.6 is 0 Å². The Hall–Kier alpha value is -1.81. The molecule has 4 nitrogen and oxygen atoms in total. The fourth-order valence-electron chi connectivity index (χ4n) is 1.92. The van der Waals surface area contributed by atoms with Crippen LogP contribution < -0.4 is 4.90 Å². The molecule has 1 aromatic carbocycles. The molecule has 20 heavy (non-hydrogen) atoms. The van der Waals surface area contributed by atoms with Gasteiger partial charge in [-0.25, -0.2) is 0 Å². The van der Waals surface area contributed by atoms with E-state index in [1.165, 1.54) is 16.9 Å². The molecular formula is C16H21N3O. The van der Waals surface area contributed by atoms with E-state index in [-0.39, 0.29) is 5.82 Å². The smallest absolute Gasteiger partial charge is 0.150 e. The summed E-state index contributed by atoms with van der Waals surface area (Å²) in [5.41, 5.74) is -1.96. The summed E-state index contributed by atoms with van der Waals surface area (Å²) >= 11 is 0. The van der Waals surface area contributed by atoms with Crippen LogP contribution in [0.2, 0.25) is 0 Å². The molecule has 0 radical (unpaired) electrons. The summed E-state index contributed by atoms with van der Waals surface area (Å²) in [5.74, 6) is -0.245. The van der Waals surface area contributed by atoms with Gasteiger partial charge in [-0.05, 0) is 25.2 Å². The zero-order valence-electron chi connectivity index (χ0n) is 19.0. The normalized spacial score (nSPS) is 39.0. The molecule has 0 aliphatic carbocycles. The SMILES string of the molecule is [2H]C1([2H])N(c2ccn(Cc3ccccc3)n2)C([2H])([2H])[C@](C)(O)C([2H])([2H])C1([2H])[2H]. The Balaban J connectivity index is 2.07. The first-order valence-electron chi connectivity index (χ1n) is 10.3. The van der Waals surface area contributed by atoms with Gasteiger partial charge in [0.15, 0.2) is 5.82 Å². The molecule has 1 atom stereocenters. The first-order valence-corrected chi connectivity index (χ1v) is 6.28. The Morgan fingerprint density at radius 1 is 1.35 bits per heavy atom. The summed E-state index contributed by atoms with van der Waals surface area (Å²) in [5, 5.41) is 14.8. The third-order valence-corrected chi connectivity index (χ3v) is 2.85. The molecule has 1 aliphatic heterocycles. The van der Waals surface area contributed by atoms with Crippen LogP contribution in [-0.4, -0.2) is 33.5 Å². The quantitative estimate of drug-likeness (QED) is 0.937. The fourth-order valence-corrected chi connectivity index (χ4v) is 1.92. The minimum Gasteiger partial charge on any atom is -0.388 e. The van der Waals surface area contributed by atoms with E-state index in [4.69, 9.17) is 11.0 Å². The Bertz CT molecular complexity index is 836. The third kappa shape index (κ3) is 3.02. The van der Waals surface area contributed by atoms with Gasteiger partial charge in [0, 0.05) is 33.5 Å². The number of aromatic nitrogens is 2. The van der Waals surface area contributed by atoms with Gasteiger partial charge in [0.25, 0.3) is 0 Å². The van der Waals surface area contributed by atoms with Gasteiger partial charge in [0.2, 0.25) is 0 Å². The molecular weight excluding hydrogens is 250 g/mol. The maximum Gasteiger partial charge on any atom is 0.150 e. The van der Waals surface area contributed by atoms with E-state index < -0.39 is 31.3 Å². The van der Waals surface area contributed by atoms with Gasteiger partial charge >= 0.3 is 0 Å². The van der Waals surface area contributed by atoms with Crippen molar-refractivity contribution in [2.45, 2.75) is 31.8 Å². The van der Waals surface area contributed by atoms with Gasteiger partial charge in [-0.1, -0.05) is 30.3 Å². The van der Waals surface area contributed by atoms with Crippen molar-refractivity contribution in [3.8, 4) is 0 Å². The van der Waals surface area contributed by atoms with Gasteiger partial charge < -0.3 is 10.0 Å². The predicted molar refractivity (Wildman–Crippen MR) is 79.8 cm³/mol. The molecule has 3 rings (SSSR count). The Labute approximate surface area is 130 Å². The van der Waals surface area contributed by atoms with Crippen LogP contribution in [0.1, 0.15) is 36.2 Å². The summed E-state index contributed by atoms with van der Waals surface area (Å²) in [6.45, 7) is -4.97. The van der Waals surface area contributed by atoms with E-state index in [1.807, 2.05) is 30.3 Å². The van der Waals surface area contributed by atoms with Crippen molar-refractivity contribution in [2.24, 2.45) is 0 Å². The zero-order chi connectivity index (χ0) is 21.2. The highest BCUT2D eigenvalue weighted by atomic mass is 16.3. The van der Waals surface area contributed by atoms with E-state index in [0.717, 1.165) is 12.5 Å². The van der Waals surface area contributed by atoms with E-state index in [1.54, 1.807) is 0 Å². The number of anilines is 1. The summed E-state index contributed by atoms with van der Waals surface area (Å²) in [6, 6.07) is 10.6. The largest absolute Gasteiger partial charge is 0.388 e. The average molecular weight is 279 g/mol. The number of rotatable bonds is 3. The molecule has 1 N–H and O–H groups in total. The van der Waals surface area contributed by atoms with Crippen LogP contribution in [0, 0.1) is 0 Å². The molecule has 2 heterocycles.